The lowest BCUT2D eigenvalue weighted by molar-refractivity contribution is 0.881. The van der Waals surface area contributed by atoms with Crippen molar-refractivity contribution in [3.8, 4) is 0 Å². The van der Waals surface area contributed by atoms with Gasteiger partial charge in [-0.05, 0) is 58.2 Å². The van der Waals surface area contributed by atoms with E-state index in [-0.39, 0.29) is 0 Å². The highest BCUT2D eigenvalue weighted by molar-refractivity contribution is 9.10. The van der Waals surface area contributed by atoms with Crippen molar-refractivity contribution >= 4 is 39.2 Å². The molecule has 1 heterocycles. The average molecular weight is 400 g/mol. The molecule has 6 heteroatoms. The molecule has 0 atom stereocenters. The number of aromatic nitrogens is 4. The summed E-state index contributed by atoms with van der Waals surface area (Å²) in [4.78, 5) is 0. The first-order chi connectivity index (χ1) is 11.7. The second kappa shape index (κ2) is 6.34. The van der Waals surface area contributed by atoms with E-state index in [2.05, 4.69) is 60.8 Å². The smallest absolute Gasteiger partial charge is 0.177 e. The Morgan fingerprint density at radius 3 is 2.67 bits per heavy atom. The van der Waals surface area contributed by atoms with Crippen molar-refractivity contribution in [3.05, 3.63) is 86.1 Å². The predicted molar refractivity (Wildman–Crippen MR) is 98.5 cm³/mol. The molecule has 4 nitrogen and oxygen atoms in total. The predicted octanol–water partition coefficient (Wildman–Crippen LogP) is 4.69. The summed E-state index contributed by atoms with van der Waals surface area (Å²) >= 11 is 9.48. The molecule has 1 aromatic heterocycles. The number of halogens is 2. The first-order valence-electron chi connectivity index (χ1n) is 7.40. The molecule has 0 amide bonds. The lowest BCUT2D eigenvalue weighted by Gasteiger charge is -2.02. The Hall–Kier alpha value is -2.24. The van der Waals surface area contributed by atoms with Crippen molar-refractivity contribution < 1.29 is 0 Å². The van der Waals surface area contributed by atoms with Crippen LogP contribution in [-0.2, 0) is 6.42 Å². The number of fused-ring (bicyclic) bond motifs is 1. The molecular formula is C18H12BrClN4. The van der Waals surface area contributed by atoms with Crippen LogP contribution in [0.5, 0.6) is 0 Å². The van der Waals surface area contributed by atoms with Gasteiger partial charge in [-0.15, -0.1) is 10.2 Å². The van der Waals surface area contributed by atoms with Gasteiger partial charge in [0.2, 0.25) is 5.82 Å². The molecule has 2 aromatic carbocycles. The van der Waals surface area contributed by atoms with Gasteiger partial charge in [0, 0.05) is 15.1 Å². The fourth-order valence-electron chi connectivity index (χ4n) is 2.86. The fourth-order valence-corrected chi connectivity index (χ4v) is 3.40. The number of nitrogens with zero attached hydrogens (tertiary/aromatic N) is 3. The number of rotatable bonds is 3. The Morgan fingerprint density at radius 2 is 1.92 bits per heavy atom. The van der Waals surface area contributed by atoms with E-state index in [9.17, 15) is 0 Å². The SMILES string of the molecule is Clc1ccc(/C=C/C2=C(c3nn[nH]n3)c3ccc(Br)cc3C2)cc1. The molecule has 0 fully saturated rings. The monoisotopic (exact) mass is 398 g/mol. The first-order valence-corrected chi connectivity index (χ1v) is 8.57. The molecule has 0 spiro atoms. The van der Waals surface area contributed by atoms with Crippen LogP contribution in [0.25, 0.3) is 11.6 Å². The van der Waals surface area contributed by atoms with Crippen LogP contribution >= 0.6 is 27.5 Å². The summed E-state index contributed by atoms with van der Waals surface area (Å²) < 4.78 is 1.07. The van der Waals surface area contributed by atoms with Gasteiger partial charge in [-0.2, -0.15) is 5.21 Å². The summed E-state index contributed by atoms with van der Waals surface area (Å²) in [5.74, 6) is 0.617. The van der Waals surface area contributed by atoms with Crippen molar-refractivity contribution in [2.45, 2.75) is 6.42 Å². The Balaban J connectivity index is 1.77. The molecule has 0 unspecified atom stereocenters. The van der Waals surface area contributed by atoms with E-state index in [4.69, 9.17) is 11.6 Å². The summed E-state index contributed by atoms with van der Waals surface area (Å²) in [5.41, 5.74) is 5.68. The number of hydrogen-bond donors (Lipinski definition) is 1. The van der Waals surface area contributed by atoms with E-state index in [1.165, 1.54) is 11.1 Å². The number of allylic oxidation sites excluding steroid dienone is 2. The number of tetrazole rings is 1. The lowest BCUT2D eigenvalue weighted by Crippen LogP contribution is -1.91. The summed E-state index contributed by atoms with van der Waals surface area (Å²) in [6.07, 6.45) is 5.03. The minimum absolute atomic E-state index is 0.617. The van der Waals surface area contributed by atoms with Crippen molar-refractivity contribution in [1.82, 2.24) is 20.6 Å². The Morgan fingerprint density at radius 1 is 1.08 bits per heavy atom. The van der Waals surface area contributed by atoms with Crippen molar-refractivity contribution in [1.29, 1.82) is 0 Å². The van der Waals surface area contributed by atoms with Crippen LogP contribution in [0.1, 0.15) is 22.5 Å². The maximum atomic E-state index is 5.94. The maximum absolute atomic E-state index is 5.94. The molecule has 24 heavy (non-hydrogen) atoms. The zero-order chi connectivity index (χ0) is 16.5. The highest BCUT2D eigenvalue weighted by Gasteiger charge is 2.24. The molecule has 4 rings (SSSR count). The van der Waals surface area contributed by atoms with E-state index in [0.717, 1.165) is 32.6 Å². The van der Waals surface area contributed by atoms with E-state index >= 15 is 0 Å². The van der Waals surface area contributed by atoms with Gasteiger partial charge in [-0.25, -0.2) is 0 Å². The number of H-pyrrole nitrogens is 1. The highest BCUT2D eigenvalue weighted by Crippen LogP contribution is 2.37. The topological polar surface area (TPSA) is 54.5 Å². The average Bonchev–Trinajstić information content (AvgIpc) is 3.20. The summed E-state index contributed by atoms with van der Waals surface area (Å²) in [6.45, 7) is 0. The summed E-state index contributed by atoms with van der Waals surface area (Å²) in [5, 5.41) is 15.3. The Bertz CT molecular complexity index is 944. The molecule has 0 aliphatic heterocycles. The minimum Gasteiger partial charge on any atom is -0.177 e. The quantitative estimate of drug-likeness (QED) is 0.695. The summed E-state index contributed by atoms with van der Waals surface area (Å²) in [6, 6.07) is 14.0. The standard InChI is InChI=1S/C18H12BrClN4/c19-14-5-8-16-13(10-14)9-12(17(16)18-21-23-24-22-18)4-1-11-2-6-15(20)7-3-11/h1-8,10H,9H2,(H,21,22,23,24)/b4-1+. The van der Waals surface area contributed by atoms with Gasteiger partial charge < -0.3 is 0 Å². The molecule has 0 saturated heterocycles. The van der Waals surface area contributed by atoms with Gasteiger partial charge in [0.05, 0.1) is 0 Å². The van der Waals surface area contributed by atoms with Crippen LogP contribution in [-0.4, -0.2) is 20.6 Å². The number of aromatic amines is 1. The minimum atomic E-state index is 0.617. The van der Waals surface area contributed by atoms with Crippen LogP contribution in [0.15, 0.2) is 58.6 Å². The van der Waals surface area contributed by atoms with Crippen LogP contribution < -0.4 is 0 Å². The third-order valence-corrected chi connectivity index (χ3v) is 4.70. The molecule has 0 bridgehead atoms. The van der Waals surface area contributed by atoms with Crippen LogP contribution in [0.2, 0.25) is 5.02 Å². The highest BCUT2D eigenvalue weighted by atomic mass is 79.9. The molecule has 3 aromatic rings. The third kappa shape index (κ3) is 2.92. The van der Waals surface area contributed by atoms with Crippen LogP contribution in [0.4, 0.5) is 0 Å². The van der Waals surface area contributed by atoms with Crippen molar-refractivity contribution in [2.24, 2.45) is 0 Å². The number of benzene rings is 2. The van der Waals surface area contributed by atoms with Gasteiger partial charge in [0.25, 0.3) is 0 Å². The van der Waals surface area contributed by atoms with Crippen LogP contribution in [0, 0.1) is 0 Å². The normalized spacial score (nSPS) is 13.8. The van der Waals surface area contributed by atoms with E-state index in [0.29, 0.717) is 5.82 Å². The molecule has 118 valence electrons. The molecular weight excluding hydrogens is 388 g/mol. The van der Waals surface area contributed by atoms with Gasteiger partial charge >= 0.3 is 0 Å². The Kier molecular flexibility index (Phi) is 4.04. The van der Waals surface area contributed by atoms with Gasteiger partial charge in [0.15, 0.2) is 0 Å². The van der Waals surface area contributed by atoms with Crippen molar-refractivity contribution in [2.75, 3.05) is 0 Å². The molecule has 0 radical (unpaired) electrons. The molecule has 0 saturated carbocycles. The van der Waals surface area contributed by atoms with E-state index in [1.54, 1.807) is 0 Å². The molecule has 1 aliphatic carbocycles. The second-order valence-corrected chi connectivity index (χ2v) is 6.85. The zero-order valence-corrected chi connectivity index (χ0v) is 14.8. The van der Waals surface area contributed by atoms with E-state index in [1.807, 2.05) is 30.3 Å². The largest absolute Gasteiger partial charge is 0.205 e. The lowest BCUT2D eigenvalue weighted by atomic mass is 10.0. The van der Waals surface area contributed by atoms with E-state index < -0.39 is 0 Å². The number of hydrogen-bond acceptors (Lipinski definition) is 3. The Labute approximate surface area is 152 Å². The van der Waals surface area contributed by atoms with Crippen LogP contribution in [0.3, 0.4) is 0 Å². The van der Waals surface area contributed by atoms with Crippen molar-refractivity contribution in [3.63, 3.8) is 0 Å². The fraction of sp³-hybridized carbons (Fsp3) is 0.0556. The molecule has 1 aliphatic rings. The van der Waals surface area contributed by atoms with Gasteiger partial charge in [-0.3, -0.25) is 0 Å². The number of nitrogens with one attached hydrogen (secondary N) is 1. The molecule has 1 N–H and O–H groups in total. The third-order valence-electron chi connectivity index (χ3n) is 3.95. The van der Waals surface area contributed by atoms with Gasteiger partial charge in [0.1, 0.15) is 0 Å². The maximum Gasteiger partial charge on any atom is 0.205 e. The first kappa shape index (κ1) is 15.3. The second-order valence-electron chi connectivity index (χ2n) is 5.50. The summed E-state index contributed by atoms with van der Waals surface area (Å²) in [7, 11) is 0. The zero-order valence-electron chi connectivity index (χ0n) is 12.5. The van der Waals surface area contributed by atoms with Gasteiger partial charge in [-0.1, -0.05) is 57.9 Å².